The molecule has 0 aliphatic carbocycles. The van der Waals surface area contributed by atoms with Gasteiger partial charge in [-0.2, -0.15) is 0 Å². The summed E-state index contributed by atoms with van der Waals surface area (Å²) in [7, 11) is 0. The zero-order valence-electron chi connectivity index (χ0n) is 24.8. The van der Waals surface area contributed by atoms with Crippen molar-refractivity contribution < 1.29 is 19.1 Å². The van der Waals surface area contributed by atoms with E-state index < -0.39 is 0 Å². The van der Waals surface area contributed by atoms with Crippen molar-refractivity contribution in [3.63, 3.8) is 0 Å². The Morgan fingerprint density at radius 2 is 1.40 bits per heavy atom. The number of carbonyl (C=O) groups is 2. The lowest BCUT2D eigenvalue weighted by Crippen LogP contribution is -2.39. The molecule has 0 radical (unpaired) electrons. The van der Waals surface area contributed by atoms with Crippen LogP contribution in [0.25, 0.3) is 10.8 Å². The van der Waals surface area contributed by atoms with E-state index in [1.54, 1.807) is 0 Å². The summed E-state index contributed by atoms with van der Waals surface area (Å²) in [6.07, 6.45) is 1.58. The Balaban J connectivity index is 1.40. The molecular weight excluding hydrogens is 524 g/mol. The summed E-state index contributed by atoms with van der Waals surface area (Å²) >= 11 is 0. The molecule has 1 heterocycles. The quantitative estimate of drug-likeness (QED) is 0.185. The number of carbonyl (C=O) groups excluding carboxylic acids is 2. The van der Waals surface area contributed by atoms with Gasteiger partial charge in [0.05, 0.1) is 32.1 Å². The van der Waals surface area contributed by atoms with Crippen molar-refractivity contribution >= 4 is 34.1 Å². The Bertz CT molecular complexity index is 1490. The average molecular weight is 565 g/mol. The van der Waals surface area contributed by atoms with E-state index in [9.17, 15) is 9.59 Å². The number of benzene rings is 4. The third kappa shape index (κ3) is 6.76. The van der Waals surface area contributed by atoms with Gasteiger partial charge in [0, 0.05) is 30.5 Å². The molecule has 1 aliphatic rings. The maximum absolute atomic E-state index is 12.1. The second kappa shape index (κ2) is 13.6. The first-order chi connectivity index (χ1) is 20.5. The highest BCUT2D eigenvalue weighted by molar-refractivity contribution is 5.86. The lowest BCUT2D eigenvalue weighted by molar-refractivity contribution is -0.143. The standard InChI is InChI=1S/C36H40N2O4/c1-4-41-35(39)23-27-13-17-30(18-14-27)37-22-21-32(25-37)38(31-19-15-28(16-20-31)24-36(40)42-5-2)26(3)33-12-8-10-29-9-6-7-11-34(29)33/h6-20,26,32H,4-5,21-25H2,1-3H3/t26-,32+/m0/s1. The first kappa shape index (κ1) is 29.2. The van der Waals surface area contributed by atoms with Crippen LogP contribution in [0.4, 0.5) is 11.4 Å². The molecule has 1 fully saturated rings. The van der Waals surface area contributed by atoms with E-state index in [4.69, 9.17) is 9.47 Å². The molecule has 0 aromatic heterocycles. The second-order valence-corrected chi connectivity index (χ2v) is 10.8. The molecule has 4 aromatic carbocycles. The minimum atomic E-state index is -0.203. The molecule has 6 nitrogen and oxygen atoms in total. The van der Waals surface area contributed by atoms with Gasteiger partial charge in [-0.25, -0.2) is 0 Å². The molecule has 0 amide bonds. The normalized spacial score (nSPS) is 15.4. The van der Waals surface area contributed by atoms with Gasteiger partial charge in [-0.1, -0.05) is 66.7 Å². The maximum atomic E-state index is 12.1. The monoisotopic (exact) mass is 564 g/mol. The predicted octanol–water partition coefficient (Wildman–Crippen LogP) is 6.90. The van der Waals surface area contributed by atoms with E-state index in [0.29, 0.717) is 19.6 Å². The van der Waals surface area contributed by atoms with Crippen LogP contribution in [0.2, 0.25) is 0 Å². The van der Waals surface area contributed by atoms with Gasteiger partial charge in [-0.05, 0) is 78.9 Å². The largest absolute Gasteiger partial charge is 0.466 e. The van der Waals surface area contributed by atoms with E-state index in [2.05, 4.69) is 83.5 Å². The van der Waals surface area contributed by atoms with Gasteiger partial charge in [0.15, 0.2) is 0 Å². The molecule has 0 saturated carbocycles. The number of hydrogen-bond acceptors (Lipinski definition) is 6. The summed E-state index contributed by atoms with van der Waals surface area (Å²) in [4.78, 5) is 29.0. The third-order valence-electron chi connectivity index (χ3n) is 8.09. The van der Waals surface area contributed by atoms with Crippen molar-refractivity contribution in [1.29, 1.82) is 0 Å². The summed E-state index contributed by atoms with van der Waals surface area (Å²) in [6, 6.07) is 32.2. The van der Waals surface area contributed by atoms with Crippen LogP contribution in [0.1, 0.15) is 49.9 Å². The maximum Gasteiger partial charge on any atom is 0.310 e. The first-order valence-electron chi connectivity index (χ1n) is 15.0. The smallest absolute Gasteiger partial charge is 0.310 e. The van der Waals surface area contributed by atoms with E-state index in [1.807, 2.05) is 38.1 Å². The van der Waals surface area contributed by atoms with E-state index in [0.717, 1.165) is 42.0 Å². The van der Waals surface area contributed by atoms with Gasteiger partial charge in [-0.3, -0.25) is 9.59 Å². The van der Waals surface area contributed by atoms with Crippen molar-refractivity contribution in [3.05, 3.63) is 108 Å². The summed E-state index contributed by atoms with van der Waals surface area (Å²) in [5.74, 6) is -0.399. The third-order valence-corrected chi connectivity index (χ3v) is 8.09. The fraction of sp³-hybridized carbons (Fsp3) is 0.333. The van der Waals surface area contributed by atoms with Crippen molar-refractivity contribution in [2.75, 3.05) is 36.1 Å². The summed E-state index contributed by atoms with van der Waals surface area (Å²) in [6.45, 7) is 8.57. The van der Waals surface area contributed by atoms with Crippen LogP contribution in [0.3, 0.4) is 0 Å². The number of rotatable bonds is 11. The highest BCUT2D eigenvalue weighted by Gasteiger charge is 2.32. The number of hydrogen-bond donors (Lipinski definition) is 0. The van der Waals surface area contributed by atoms with E-state index in [1.165, 1.54) is 16.3 Å². The van der Waals surface area contributed by atoms with E-state index in [-0.39, 0.29) is 30.4 Å². The SMILES string of the molecule is CCOC(=O)Cc1ccc(N2CC[C@@H](N(c3ccc(CC(=O)OCC)cc3)[C@@H](C)c3cccc4ccccc34)C2)cc1. The topological polar surface area (TPSA) is 59.1 Å². The Morgan fingerprint density at radius 3 is 2.05 bits per heavy atom. The second-order valence-electron chi connectivity index (χ2n) is 10.8. The van der Waals surface area contributed by atoms with Gasteiger partial charge < -0.3 is 19.3 Å². The van der Waals surface area contributed by atoms with Gasteiger partial charge in [0.25, 0.3) is 0 Å². The fourth-order valence-corrected chi connectivity index (χ4v) is 6.09. The van der Waals surface area contributed by atoms with Crippen molar-refractivity contribution in [3.8, 4) is 0 Å². The minimum Gasteiger partial charge on any atom is -0.466 e. The highest BCUT2D eigenvalue weighted by atomic mass is 16.5. The summed E-state index contributed by atoms with van der Waals surface area (Å²) < 4.78 is 10.3. The number of esters is 2. The summed E-state index contributed by atoms with van der Waals surface area (Å²) in [5, 5.41) is 2.51. The lowest BCUT2D eigenvalue weighted by Gasteiger charge is -2.38. The van der Waals surface area contributed by atoms with Crippen LogP contribution in [-0.2, 0) is 31.9 Å². The molecule has 0 bridgehead atoms. The number of ether oxygens (including phenoxy) is 2. The Hall–Kier alpha value is -4.32. The van der Waals surface area contributed by atoms with E-state index >= 15 is 0 Å². The van der Waals surface area contributed by atoms with Crippen molar-refractivity contribution in [2.45, 2.75) is 52.1 Å². The Morgan fingerprint density at radius 1 is 0.810 bits per heavy atom. The molecule has 1 saturated heterocycles. The van der Waals surface area contributed by atoms with Crippen LogP contribution in [0, 0.1) is 0 Å². The molecule has 2 atom stereocenters. The summed E-state index contributed by atoms with van der Waals surface area (Å²) in [5.41, 5.74) is 5.51. The molecule has 218 valence electrons. The molecule has 1 aliphatic heterocycles. The molecule has 4 aromatic rings. The molecule has 0 N–H and O–H groups in total. The molecule has 0 unspecified atom stereocenters. The molecule has 6 heteroatoms. The van der Waals surface area contributed by atoms with Gasteiger partial charge >= 0.3 is 11.9 Å². The zero-order valence-corrected chi connectivity index (χ0v) is 24.8. The minimum absolute atomic E-state index is 0.129. The van der Waals surface area contributed by atoms with Gasteiger partial charge in [0.1, 0.15) is 0 Å². The average Bonchev–Trinajstić information content (AvgIpc) is 3.48. The Labute approximate surface area is 248 Å². The fourth-order valence-electron chi connectivity index (χ4n) is 6.09. The number of fused-ring (bicyclic) bond motifs is 1. The van der Waals surface area contributed by atoms with Crippen LogP contribution < -0.4 is 9.80 Å². The molecule has 0 spiro atoms. The van der Waals surface area contributed by atoms with Crippen LogP contribution in [-0.4, -0.2) is 44.3 Å². The number of nitrogens with zero attached hydrogens (tertiary/aromatic N) is 2. The Kier molecular flexibility index (Phi) is 9.42. The van der Waals surface area contributed by atoms with Gasteiger partial charge in [-0.15, -0.1) is 0 Å². The zero-order chi connectivity index (χ0) is 29.5. The molecule has 5 rings (SSSR count). The van der Waals surface area contributed by atoms with Crippen LogP contribution >= 0.6 is 0 Å². The van der Waals surface area contributed by atoms with Crippen LogP contribution in [0.5, 0.6) is 0 Å². The highest BCUT2D eigenvalue weighted by Crippen LogP contribution is 2.36. The van der Waals surface area contributed by atoms with Crippen molar-refractivity contribution in [2.24, 2.45) is 0 Å². The molecule has 42 heavy (non-hydrogen) atoms. The predicted molar refractivity (Wildman–Crippen MR) is 169 cm³/mol. The molecular formula is C36H40N2O4. The number of anilines is 2. The van der Waals surface area contributed by atoms with Crippen LogP contribution in [0.15, 0.2) is 91.0 Å². The van der Waals surface area contributed by atoms with Gasteiger partial charge in [0.2, 0.25) is 0 Å². The van der Waals surface area contributed by atoms with Crippen molar-refractivity contribution in [1.82, 2.24) is 0 Å². The lowest BCUT2D eigenvalue weighted by atomic mass is 9.96. The first-order valence-corrected chi connectivity index (χ1v) is 15.0.